The molecule has 2 aromatic rings. The van der Waals surface area contributed by atoms with Crippen LogP contribution in [0.15, 0.2) is 40.9 Å². The molecule has 5 heteroatoms. The lowest BCUT2D eigenvalue weighted by Crippen LogP contribution is -2.26. The van der Waals surface area contributed by atoms with Crippen LogP contribution in [0.3, 0.4) is 0 Å². The van der Waals surface area contributed by atoms with Gasteiger partial charge in [-0.15, -0.1) is 0 Å². The molecule has 0 amide bonds. The molecule has 0 aliphatic heterocycles. The molecule has 0 aliphatic carbocycles. The van der Waals surface area contributed by atoms with Gasteiger partial charge in [0.05, 0.1) is 0 Å². The predicted molar refractivity (Wildman–Crippen MR) is 81.8 cm³/mol. The molecule has 0 radical (unpaired) electrons. The Hall–Kier alpha value is -1.62. The van der Waals surface area contributed by atoms with Crippen molar-refractivity contribution < 1.29 is 9.13 Å². The first-order valence-corrected chi connectivity index (χ1v) is 7.01. The molecule has 2 rings (SSSR count). The molecule has 0 bridgehead atoms. The number of rotatable bonds is 3. The van der Waals surface area contributed by atoms with Gasteiger partial charge in [-0.05, 0) is 45.0 Å². The van der Waals surface area contributed by atoms with Crippen LogP contribution in [0.4, 0.5) is 10.2 Å². The number of hydrogen-bond acceptors (Lipinski definition) is 3. The fraction of sp³-hybridized carbons (Fsp3) is 0.267. The number of nitrogens with one attached hydrogen (secondary N) is 1. The largest absolute Gasteiger partial charge is 0.436 e. The Labute approximate surface area is 126 Å². The van der Waals surface area contributed by atoms with Crippen LogP contribution in [-0.2, 0) is 0 Å². The highest BCUT2D eigenvalue weighted by Crippen LogP contribution is 2.27. The van der Waals surface area contributed by atoms with Crippen LogP contribution < -0.4 is 10.1 Å². The first-order chi connectivity index (χ1) is 9.33. The molecule has 1 aromatic heterocycles. The smallest absolute Gasteiger partial charge is 0.221 e. The van der Waals surface area contributed by atoms with E-state index in [2.05, 4.69) is 26.2 Å². The highest BCUT2D eigenvalue weighted by atomic mass is 79.9. The Kier molecular flexibility index (Phi) is 4.28. The van der Waals surface area contributed by atoms with Crippen molar-refractivity contribution in [3.05, 3.63) is 46.7 Å². The molecule has 106 valence electrons. The van der Waals surface area contributed by atoms with Gasteiger partial charge in [0.2, 0.25) is 5.88 Å². The number of benzene rings is 1. The quantitative estimate of drug-likeness (QED) is 0.856. The third-order valence-corrected chi connectivity index (χ3v) is 2.83. The molecular weight excluding hydrogens is 323 g/mol. The molecule has 0 unspecified atom stereocenters. The number of hydrogen-bond donors (Lipinski definition) is 1. The fourth-order valence-electron chi connectivity index (χ4n) is 1.59. The zero-order valence-electron chi connectivity index (χ0n) is 11.6. The third kappa shape index (κ3) is 4.20. The Balaban J connectivity index is 2.21. The second kappa shape index (κ2) is 5.79. The van der Waals surface area contributed by atoms with E-state index in [-0.39, 0.29) is 11.3 Å². The SMILES string of the molecule is CC(C)(C)Nc1cccc(Oc2cc(Br)ccc2F)n1. The van der Waals surface area contributed by atoms with Gasteiger partial charge in [-0.1, -0.05) is 22.0 Å². The van der Waals surface area contributed by atoms with Crippen LogP contribution in [-0.4, -0.2) is 10.5 Å². The molecular formula is C15H16BrFN2O. The summed E-state index contributed by atoms with van der Waals surface area (Å²) in [5, 5.41) is 3.24. The van der Waals surface area contributed by atoms with Crippen LogP contribution in [0, 0.1) is 5.82 Å². The summed E-state index contributed by atoms with van der Waals surface area (Å²) < 4.78 is 19.9. The molecule has 1 heterocycles. The maximum absolute atomic E-state index is 13.6. The van der Waals surface area contributed by atoms with Gasteiger partial charge in [-0.2, -0.15) is 4.98 Å². The Bertz CT molecular complexity index is 611. The van der Waals surface area contributed by atoms with E-state index >= 15 is 0 Å². The minimum Gasteiger partial charge on any atom is -0.436 e. The number of anilines is 1. The summed E-state index contributed by atoms with van der Waals surface area (Å²) in [6.07, 6.45) is 0. The zero-order chi connectivity index (χ0) is 14.8. The molecule has 1 N–H and O–H groups in total. The highest BCUT2D eigenvalue weighted by Gasteiger charge is 2.11. The number of aromatic nitrogens is 1. The van der Waals surface area contributed by atoms with Crippen molar-refractivity contribution in [2.24, 2.45) is 0 Å². The number of nitrogens with zero attached hydrogens (tertiary/aromatic N) is 1. The topological polar surface area (TPSA) is 34.1 Å². The zero-order valence-corrected chi connectivity index (χ0v) is 13.2. The molecule has 0 spiro atoms. The minimum atomic E-state index is -0.427. The van der Waals surface area contributed by atoms with Crippen LogP contribution in [0.1, 0.15) is 20.8 Å². The van der Waals surface area contributed by atoms with E-state index in [0.29, 0.717) is 11.7 Å². The van der Waals surface area contributed by atoms with Crippen molar-refractivity contribution in [2.45, 2.75) is 26.3 Å². The minimum absolute atomic E-state index is 0.105. The van der Waals surface area contributed by atoms with Crippen molar-refractivity contribution in [1.82, 2.24) is 4.98 Å². The van der Waals surface area contributed by atoms with E-state index < -0.39 is 5.82 Å². The standard InChI is InChI=1S/C15H16BrFN2O/c1-15(2,3)19-13-5-4-6-14(18-13)20-12-9-10(16)7-8-11(12)17/h4-9H,1-3H3,(H,18,19). The van der Waals surface area contributed by atoms with E-state index in [4.69, 9.17) is 4.74 Å². The first kappa shape index (κ1) is 14.8. The van der Waals surface area contributed by atoms with Crippen molar-refractivity contribution in [3.8, 4) is 11.6 Å². The van der Waals surface area contributed by atoms with Crippen LogP contribution in [0.5, 0.6) is 11.6 Å². The van der Waals surface area contributed by atoms with Gasteiger partial charge >= 0.3 is 0 Å². The van der Waals surface area contributed by atoms with E-state index in [9.17, 15) is 4.39 Å². The monoisotopic (exact) mass is 338 g/mol. The molecule has 20 heavy (non-hydrogen) atoms. The van der Waals surface area contributed by atoms with E-state index in [1.165, 1.54) is 6.07 Å². The molecule has 0 atom stereocenters. The van der Waals surface area contributed by atoms with Crippen molar-refractivity contribution >= 4 is 21.7 Å². The Morgan fingerprint density at radius 1 is 1.20 bits per heavy atom. The Morgan fingerprint density at radius 3 is 2.65 bits per heavy atom. The van der Waals surface area contributed by atoms with Gasteiger partial charge < -0.3 is 10.1 Å². The van der Waals surface area contributed by atoms with E-state index in [1.807, 2.05) is 32.9 Å². The number of ether oxygens (including phenoxy) is 1. The van der Waals surface area contributed by atoms with Crippen molar-refractivity contribution in [1.29, 1.82) is 0 Å². The number of halogens is 2. The lowest BCUT2D eigenvalue weighted by molar-refractivity contribution is 0.427. The predicted octanol–water partition coefficient (Wildman–Crippen LogP) is 4.99. The van der Waals surface area contributed by atoms with Crippen LogP contribution >= 0.6 is 15.9 Å². The van der Waals surface area contributed by atoms with Gasteiger partial charge in [0.15, 0.2) is 11.6 Å². The maximum Gasteiger partial charge on any atom is 0.221 e. The maximum atomic E-state index is 13.6. The molecule has 1 aromatic carbocycles. The number of pyridine rings is 1. The molecule has 0 saturated heterocycles. The highest BCUT2D eigenvalue weighted by molar-refractivity contribution is 9.10. The summed E-state index contributed by atoms with van der Waals surface area (Å²) in [7, 11) is 0. The fourth-order valence-corrected chi connectivity index (χ4v) is 1.93. The second-order valence-corrected chi connectivity index (χ2v) is 6.33. The Morgan fingerprint density at radius 2 is 1.95 bits per heavy atom. The summed E-state index contributed by atoms with van der Waals surface area (Å²) in [4.78, 5) is 4.31. The van der Waals surface area contributed by atoms with Crippen LogP contribution in [0.2, 0.25) is 0 Å². The van der Waals surface area contributed by atoms with Gasteiger partial charge in [0, 0.05) is 16.1 Å². The summed E-state index contributed by atoms with van der Waals surface area (Å²) in [5.41, 5.74) is -0.105. The first-order valence-electron chi connectivity index (χ1n) is 6.22. The second-order valence-electron chi connectivity index (χ2n) is 5.41. The van der Waals surface area contributed by atoms with Gasteiger partial charge in [0.25, 0.3) is 0 Å². The third-order valence-electron chi connectivity index (χ3n) is 2.33. The van der Waals surface area contributed by atoms with E-state index in [0.717, 1.165) is 4.47 Å². The molecule has 0 saturated carbocycles. The van der Waals surface area contributed by atoms with Gasteiger partial charge in [0.1, 0.15) is 5.82 Å². The lowest BCUT2D eigenvalue weighted by Gasteiger charge is -2.21. The molecule has 3 nitrogen and oxygen atoms in total. The summed E-state index contributed by atoms with van der Waals surface area (Å²) in [5.74, 6) is 0.741. The normalized spacial score (nSPS) is 11.2. The average molecular weight is 339 g/mol. The molecule has 0 aliphatic rings. The summed E-state index contributed by atoms with van der Waals surface area (Å²) >= 11 is 3.28. The molecule has 0 fully saturated rings. The van der Waals surface area contributed by atoms with Crippen molar-refractivity contribution in [2.75, 3.05) is 5.32 Å². The summed E-state index contributed by atoms with van der Waals surface area (Å²) in [6.45, 7) is 6.11. The van der Waals surface area contributed by atoms with Crippen molar-refractivity contribution in [3.63, 3.8) is 0 Å². The van der Waals surface area contributed by atoms with Gasteiger partial charge in [-0.25, -0.2) is 4.39 Å². The van der Waals surface area contributed by atoms with Crippen LogP contribution in [0.25, 0.3) is 0 Å². The summed E-state index contributed by atoms with van der Waals surface area (Å²) in [6, 6.07) is 9.88. The lowest BCUT2D eigenvalue weighted by atomic mass is 10.1. The average Bonchev–Trinajstić information content (AvgIpc) is 2.32. The van der Waals surface area contributed by atoms with Gasteiger partial charge in [-0.3, -0.25) is 0 Å². The van der Waals surface area contributed by atoms with E-state index in [1.54, 1.807) is 18.2 Å².